The summed E-state index contributed by atoms with van der Waals surface area (Å²) in [6.07, 6.45) is 0.960. The Morgan fingerprint density at radius 3 is 2.09 bits per heavy atom. The highest BCUT2D eigenvalue weighted by atomic mass is 79.9. The second-order valence-corrected chi connectivity index (χ2v) is 13.7. The van der Waals surface area contributed by atoms with Crippen LogP contribution in [0.1, 0.15) is 38.3 Å². The molecule has 0 bridgehead atoms. The molecular weight excluding hydrogens is 666 g/mol. The van der Waals surface area contributed by atoms with Gasteiger partial charge < -0.3 is 15.0 Å². The third kappa shape index (κ3) is 9.20. The number of halogens is 1. The Kier molecular flexibility index (Phi) is 12.4. The van der Waals surface area contributed by atoms with Crippen molar-refractivity contribution in [2.24, 2.45) is 0 Å². The number of carbonyl (C=O) groups excluding carboxylic acids is 2. The molecule has 0 aromatic heterocycles. The number of rotatable bonds is 15. The van der Waals surface area contributed by atoms with E-state index in [0.29, 0.717) is 24.5 Å². The van der Waals surface area contributed by atoms with Gasteiger partial charge in [0, 0.05) is 23.5 Å². The van der Waals surface area contributed by atoms with Crippen molar-refractivity contribution in [3.63, 3.8) is 0 Å². The van der Waals surface area contributed by atoms with E-state index in [0.717, 1.165) is 19.9 Å². The molecule has 46 heavy (non-hydrogen) atoms. The molecule has 2 atom stereocenters. The molecule has 0 radical (unpaired) electrons. The summed E-state index contributed by atoms with van der Waals surface area (Å²) in [5.74, 6) is -0.246. The van der Waals surface area contributed by atoms with E-state index < -0.39 is 28.5 Å². The first-order chi connectivity index (χ1) is 22.1. The van der Waals surface area contributed by atoms with Crippen LogP contribution in [0.3, 0.4) is 0 Å². The number of nitrogens with one attached hydrogen (secondary N) is 1. The Hall–Kier alpha value is -4.15. The van der Waals surface area contributed by atoms with Crippen LogP contribution in [0.4, 0.5) is 5.69 Å². The molecule has 2 amide bonds. The first-order valence-electron chi connectivity index (χ1n) is 15.3. The molecule has 4 rings (SSSR count). The Morgan fingerprint density at radius 2 is 1.48 bits per heavy atom. The second-order valence-electron chi connectivity index (χ2n) is 10.9. The molecule has 0 aliphatic rings. The number of ether oxygens (including phenoxy) is 1. The van der Waals surface area contributed by atoms with Crippen molar-refractivity contribution < 1.29 is 22.7 Å². The van der Waals surface area contributed by atoms with E-state index in [1.165, 1.54) is 17.0 Å². The molecule has 0 saturated carbocycles. The van der Waals surface area contributed by atoms with Gasteiger partial charge in [-0.25, -0.2) is 8.42 Å². The molecule has 8 nitrogen and oxygen atoms in total. The van der Waals surface area contributed by atoms with Crippen molar-refractivity contribution in [2.45, 2.75) is 57.1 Å². The lowest BCUT2D eigenvalue weighted by atomic mass is 10.0. The summed E-state index contributed by atoms with van der Waals surface area (Å²) in [4.78, 5) is 30.0. The minimum absolute atomic E-state index is 0.0468. The number of hydrogen-bond donors (Lipinski definition) is 1. The maximum atomic E-state index is 14.6. The minimum atomic E-state index is -4.18. The molecule has 10 heteroatoms. The van der Waals surface area contributed by atoms with Crippen molar-refractivity contribution in [1.82, 2.24) is 10.2 Å². The van der Waals surface area contributed by atoms with Crippen molar-refractivity contribution in [2.75, 3.05) is 17.5 Å². The maximum Gasteiger partial charge on any atom is 0.264 e. The summed E-state index contributed by atoms with van der Waals surface area (Å²) in [6.45, 7) is 5.77. The highest BCUT2D eigenvalue weighted by Gasteiger charge is 2.35. The third-order valence-electron chi connectivity index (χ3n) is 7.56. The van der Waals surface area contributed by atoms with Crippen LogP contribution >= 0.6 is 15.9 Å². The number of carbonyl (C=O) groups is 2. The van der Waals surface area contributed by atoms with Gasteiger partial charge in [0.15, 0.2) is 0 Å². The fourth-order valence-electron chi connectivity index (χ4n) is 4.95. The van der Waals surface area contributed by atoms with Crippen molar-refractivity contribution in [3.05, 3.63) is 125 Å². The van der Waals surface area contributed by atoms with Gasteiger partial charge in [-0.3, -0.25) is 13.9 Å². The van der Waals surface area contributed by atoms with Crippen LogP contribution in [0.15, 0.2) is 119 Å². The van der Waals surface area contributed by atoms with E-state index in [-0.39, 0.29) is 29.8 Å². The van der Waals surface area contributed by atoms with Gasteiger partial charge >= 0.3 is 0 Å². The molecular formula is C36H40BrN3O5S. The number of benzene rings is 4. The van der Waals surface area contributed by atoms with E-state index in [1.54, 1.807) is 42.5 Å². The molecule has 242 valence electrons. The summed E-state index contributed by atoms with van der Waals surface area (Å²) >= 11 is 3.51. The number of nitrogens with zero attached hydrogens (tertiary/aromatic N) is 2. The lowest BCUT2D eigenvalue weighted by Gasteiger charge is -2.34. The first kappa shape index (κ1) is 34.7. The molecule has 0 spiro atoms. The van der Waals surface area contributed by atoms with Gasteiger partial charge in [-0.2, -0.15) is 0 Å². The van der Waals surface area contributed by atoms with E-state index in [9.17, 15) is 18.0 Å². The van der Waals surface area contributed by atoms with E-state index in [2.05, 4.69) is 21.2 Å². The fourth-order valence-corrected chi connectivity index (χ4v) is 6.83. The number of anilines is 1. The van der Waals surface area contributed by atoms with E-state index in [1.807, 2.05) is 75.4 Å². The Balaban J connectivity index is 1.80. The normalized spacial score (nSPS) is 12.5. The molecule has 1 N–H and O–H groups in total. The smallest absolute Gasteiger partial charge is 0.264 e. The summed E-state index contributed by atoms with van der Waals surface area (Å²) in [6, 6.07) is 30.6. The average molecular weight is 707 g/mol. The third-order valence-corrected chi connectivity index (χ3v) is 9.84. The predicted octanol–water partition coefficient (Wildman–Crippen LogP) is 6.60. The predicted molar refractivity (Wildman–Crippen MR) is 185 cm³/mol. The monoisotopic (exact) mass is 705 g/mol. The Morgan fingerprint density at radius 1 is 0.848 bits per heavy atom. The summed E-state index contributed by atoms with van der Waals surface area (Å²) in [5.41, 5.74) is 1.96. The van der Waals surface area contributed by atoms with Crippen LogP contribution in [-0.4, -0.2) is 50.4 Å². The zero-order valence-electron chi connectivity index (χ0n) is 26.3. The Labute approximate surface area is 280 Å². The van der Waals surface area contributed by atoms with Gasteiger partial charge in [0.1, 0.15) is 18.3 Å². The molecule has 0 heterocycles. The van der Waals surface area contributed by atoms with Gasteiger partial charge in [-0.15, -0.1) is 0 Å². The largest absolute Gasteiger partial charge is 0.494 e. The van der Waals surface area contributed by atoms with Crippen LogP contribution in [0.2, 0.25) is 0 Å². The van der Waals surface area contributed by atoms with Gasteiger partial charge in [0.2, 0.25) is 11.8 Å². The zero-order chi connectivity index (χ0) is 33.1. The maximum absolute atomic E-state index is 14.6. The molecule has 2 unspecified atom stereocenters. The molecule has 0 saturated heterocycles. The van der Waals surface area contributed by atoms with Crippen LogP contribution in [0.25, 0.3) is 0 Å². The van der Waals surface area contributed by atoms with Crippen molar-refractivity contribution >= 4 is 43.5 Å². The van der Waals surface area contributed by atoms with Crippen LogP contribution in [-0.2, 0) is 32.6 Å². The average Bonchev–Trinajstić information content (AvgIpc) is 3.06. The number of amides is 2. The SMILES string of the molecule is CCOc1ccc(N(CC(=O)N(Cc2cccc(Br)c2)C(Cc2ccccc2)C(=O)NC(C)CC)S(=O)(=O)c2ccccc2)cc1. The van der Waals surface area contributed by atoms with Gasteiger partial charge in [-0.05, 0) is 79.9 Å². The van der Waals surface area contributed by atoms with Crippen molar-refractivity contribution in [3.8, 4) is 5.75 Å². The summed E-state index contributed by atoms with van der Waals surface area (Å²) in [7, 11) is -4.18. The molecule has 4 aromatic rings. The van der Waals surface area contributed by atoms with E-state index >= 15 is 0 Å². The molecule has 0 fully saturated rings. The first-order valence-corrected chi connectivity index (χ1v) is 17.5. The second kappa shape index (κ2) is 16.4. The highest BCUT2D eigenvalue weighted by Crippen LogP contribution is 2.27. The fraction of sp³-hybridized carbons (Fsp3) is 0.278. The van der Waals surface area contributed by atoms with Gasteiger partial charge in [0.25, 0.3) is 10.0 Å². The van der Waals surface area contributed by atoms with Crippen LogP contribution in [0.5, 0.6) is 5.75 Å². The van der Waals surface area contributed by atoms with E-state index in [4.69, 9.17) is 4.74 Å². The van der Waals surface area contributed by atoms with Crippen LogP contribution < -0.4 is 14.4 Å². The number of hydrogen-bond acceptors (Lipinski definition) is 5. The van der Waals surface area contributed by atoms with Crippen molar-refractivity contribution in [1.29, 1.82) is 0 Å². The molecule has 4 aromatic carbocycles. The molecule has 0 aliphatic carbocycles. The van der Waals surface area contributed by atoms with Crippen LogP contribution in [0, 0.1) is 0 Å². The minimum Gasteiger partial charge on any atom is -0.494 e. The quantitative estimate of drug-likeness (QED) is 0.150. The standard InChI is InChI=1S/C36H40BrN3O5S/c1-4-27(3)38-36(42)34(24-28-13-8-6-9-14-28)39(25-29-15-12-16-30(37)23-29)35(41)26-40(31-19-21-32(22-20-31)45-5-2)46(43,44)33-17-10-7-11-18-33/h6-23,27,34H,4-5,24-26H2,1-3H3,(H,38,42). The van der Waals surface area contributed by atoms with Gasteiger partial charge in [-0.1, -0.05) is 83.5 Å². The lowest BCUT2D eigenvalue weighted by molar-refractivity contribution is -0.140. The highest BCUT2D eigenvalue weighted by molar-refractivity contribution is 9.10. The lowest BCUT2D eigenvalue weighted by Crippen LogP contribution is -2.54. The molecule has 0 aliphatic heterocycles. The summed E-state index contributed by atoms with van der Waals surface area (Å²) in [5, 5.41) is 3.05. The summed E-state index contributed by atoms with van der Waals surface area (Å²) < 4.78 is 35.7. The number of sulfonamides is 1. The topological polar surface area (TPSA) is 96.0 Å². The Bertz CT molecular complexity index is 1690. The van der Waals surface area contributed by atoms with Gasteiger partial charge in [0.05, 0.1) is 17.2 Å². The zero-order valence-corrected chi connectivity index (χ0v) is 28.7.